The molecule has 1 unspecified atom stereocenters. The molecule has 2 N–H and O–H groups in total. The summed E-state index contributed by atoms with van der Waals surface area (Å²) in [6.45, 7) is 13.6. The van der Waals surface area contributed by atoms with E-state index in [2.05, 4.69) is 30.6 Å². The SMILES string of the molecule is C=CC(=O)OCCCCCC(C)C.CC(C)(C)c1cccc(C(O)(Cn2nc3ccc(C(F)(F)F)cc3n2)C(=O)O)c1. The highest BCUT2D eigenvalue weighted by atomic mass is 19.4. The van der Waals surface area contributed by atoms with Crippen LogP contribution in [0, 0.1) is 5.92 Å². The Labute approximate surface area is 244 Å². The van der Waals surface area contributed by atoms with Crippen molar-refractivity contribution in [2.45, 2.75) is 84.0 Å². The van der Waals surface area contributed by atoms with Crippen molar-refractivity contribution in [3.05, 3.63) is 71.8 Å². The number of rotatable bonds is 11. The van der Waals surface area contributed by atoms with Crippen LogP contribution in [-0.2, 0) is 38.1 Å². The van der Waals surface area contributed by atoms with Gasteiger partial charge in [-0.25, -0.2) is 9.59 Å². The Morgan fingerprint density at radius 1 is 0.976 bits per heavy atom. The highest BCUT2D eigenvalue weighted by molar-refractivity contribution is 5.81. The van der Waals surface area contributed by atoms with Gasteiger partial charge in [-0.15, -0.1) is 0 Å². The van der Waals surface area contributed by atoms with E-state index in [1.54, 1.807) is 12.1 Å². The van der Waals surface area contributed by atoms with E-state index in [0.29, 0.717) is 6.61 Å². The van der Waals surface area contributed by atoms with Gasteiger partial charge in [0.1, 0.15) is 17.6 Å². The number of ether oxygens (including phenoxy) is 1. The van der Waals surface area contributed by atoms with E-state index >= 15 is 0 Å². The fraction of sp³-hybridized carbons (Fsp3) is 0.484. The Kier molecular flexibility index (Phi) is 11.9. The minimum Gasteiger partial charge on any atom is -0.479 e. The average Bonchev–Trinajstić information content (AvgIpc) is 3.31. The quantitative estimate of drug-likeness (QED) is 0.146. The van der Waals surface area contributed by atoms with Gasteiger partial charge in [0.2, 0.25) is 5.60 Å². The van der Waals surface area contributed by atoms with Crippen LogP contribution in [0.5, 0.6) is 0 Å². The van der Waals surface area contributed by atoms with E-state index in [-0.39, 0.29) is 28.0 Å². The van der Waals surface area contributed by atoms with E-state index in [9.17, 15) is 33.0 Å². The van der Waals surface area contributed by atoms with Gasteiger partial charge < -0.3 is 14.9 Å². The number of carboxylic acids is 1. The monoisotopic (exact) mass is 591 g/mol. The number of esters is 1. The number of halogens is 3. The summed E-state index contributed by atoms with van der Waals surface area (Å²) >= 11 is 0. The minimum absolute atomic E-state index is 0.0454. The fourth-order valence-electron chi connectivity index (χ4n) is 4.00. The molecule has 0 fully saturated rings. The Hall–Kier alpha value is -3.73. The third-order valence-corrected chi connectivity index (χ3v) is 6.52. The van der Waals surface area contributed by atoms with Gasteiger partial charge in [0.25, 0.3) is 0 Å². The number of carboxylic acid groups (broad SMARTS) is 1. The molecule has 0 amide bonds. The highest BCUT2D eigenvalue weighted by Gasteiger charge is 2.40. The van der Waals surface area contributed by atoms with Crippen molar-refractivity contribution in [2.24, 2.45) is 5.92 Å². The minimum atomic E-state index is -4.53. The first-order valence-corrected chi connectivity index (χ1v) is 13.8. The van der Waals surface area contributed by atoms with Gasteiger partial charge in [-0.3, -0.25) is 0 Å². The zero-order valence-electron chi connectivity index (χ0n) is 24.7. The number of benzene rings is 2. The predicted octanol–water partition coefficient (Wildman–Crippen LogP) is 6.65. The molecule has 0 saturated carbocycles. The van der Waals surface area contributed by atoms with Gasteiger partial charge in [-0.1, -0.05) is 84.7 Å². The van der Waals surface area contributed by atoms with Crippen LogP contribution in [0.2, 0.25) is 0 Å². The number of hydrogen-bond acceptors (Lipinski definition) is 6. The normalized spacial score (nSPS) is 13.3. The maximum Gasteiger partial charge on any atom is 0.416 e. The molecule has 1 heterocycles. The molecule has 1 aromatic heterocycles. The standard InChI is InChI=1S/C20H20F3N3O3.C11H20O2/c1-18(2,3)12-5-4-6-13(9-12)19(29,17(27)28)11-26-24-15-8-7-14(20(21,22)23)10-16(15)25-26;1-4-11(12)13-9-7-5-6-8-10(2)3/h4-10,29H,11H2,1-3H3,(H,27,28);4,10H,1,5-9H2,2-3H3. The van der Waals surface area contributed by atoms with Crippen molar-refractivity contribution in [3.63, 3.8) is 0 Å². The summed E-state index contributed by atoms with van der Waals surface area (Å²) in [7, 11) is 0. The summed E-state index contributed by atoms with van der Waals surface area (Å²) in [5.41, 5.74) is -2.45. The summed E-state index contributed by atoms with van der Waals surface area (Å²) in [6, 6.07) is 9.41. The van der Waals surface area contributed by atoms with Crippen LogP contribution in [-0.4, -0.2) is 43.8 Å². The molecule has 0 aliphatic heterocycles. The number of aromatic nitrogens is 3. The van der Waals surface area contributed by atoms with Crippen molar-refractivity contribution in [3.8, 4) is 0 Å². The number of carbonyl (C=O) groups excluding carboxylic acids is 1. The summed E-state index contributed by atoms with van der Waals surface area (Å²) in [6.07, 6.45) is 1.26. The Bertz CT molecular complexity index is 1360. The molecule has 0 saturated heterocycles. The molecule has 3 rings (SSSR count). The van der Waals surface area contributed by atoms with Crippen LogP contribution in [0.15, 0.2) is 55.1 Å². The third-order valence-electron chi connectivity index (χ3n) is 6.52. The summed E-state index contributed by atoms with van der Waals surface area (Å²) < 4.78 is 43.5. The third kappa shape index (κ3) is 9.97. The van der Waals surface area contributed by atoms with E-state index in [1.165, 1.54) is 25.0 Å². The zero-order chi connectivity index (χ0) is 31.7. The van der Waals surface area contributed by atoms with Gasteiger partial charge in [0.05, 0.1) is 12.2 Å². The largest absolute Gasteiger partial charge is 0.479 e. The number of unbranched alkanes of at least 4 members (excludes halogenated alkanes) is 2. The van der Waals surface area contributed by atoms with Crippen LogP contribution >= 0.6 is 0 Å². The van der Waals surface area contributed by atoms with Crippen LogP contribution in [0.1, 0.15) is 77.0 Å². The van der Waals surface area contributed by atoms with Gasteiger partial charge in [-0.05, 0) is 47.1 Å². The van der Waals surface area contributed by atoms with Crippen LogP contribution < -0.4 is 0 Å². The number of carbonyl (C=O) groups is 2. The molecule has 2 aromatic carbocycles. The molecule has 8 nitrogen and oxygen atoms in total. The van der Waals surface area contributed by atoms with Crippen LogP contribution in [0.4, 0.5) is 13.2 Å². The number of aliphatic hydroxyl groups is 1. The Balaban J connectivity index is 0.000000401. The number of alkyl halides is 3. The van der Waals surface area contributed by atoms with E-state index in [4.69, 9.17) is 4.74 Å². The molecule has 3 aromatic rings. The van der Waals surface area contributed by atoms with Gasteiger partial charge in [0.15, 0.2) is 0 Å². The molecule has 0 bridgehead atoms. The van der Waals surface area contributed by atoms with Gasteiger partial charge in [-0.2, -0.15) is 28.2 Å². The van der Waals surface area contributed by atoms with E-state index in [1.807, 2.05) is 26.8 Å². The molecular formula is C31H40F3N3O5. The summed E-state index contributed by atoms with van der Waals surface area (Å²) in [5.74, 6) is -1.06. The molecule has 230 valence electrons. The van der Waals surface area contributed by atoms with Gasteiger partial charge in [0, 0.05) is 6.08 Å². The Morgan fingerprint density at radius 3 is 2.19 bits per heavy atom. The van der Waals surface area contributed by atoms with Crippen molar-refractivity contribution in [2.75, 3.05) is 6.61 Å². The maximum atomic E-state index is 12.9. The lowest BCUT2D eigenvalue weighted by atomic mass is 9.83. The molecule has 0 aliphatic rings. The second kappa shape index (κ2) is 14.4. The lowest BCUT2D eigenvalue weighted by Gasteiger charge is -2.26. The summed E-state index contributed by atoms with van der Waals surface area (Å²) in [4.78, 5) is 23.4. The number of hydrogen-bond donors (Lipinski definition) is 2. The second-order valence-electron chi connectivity index (χ2n) is 11.5. The molecule has 0 radical (unpaired) electrons. The van der Waals surface area contributed by atoms with Crippen molar-refractivity contribution in [1.29, 1.82) is 0 Å². The molecular weight excluding hydrogens is 551 g/mol. The second-order valence-corrected chi connectivity index (χ2v) is 11.5. The molecule has 42 heavy (non-hydrogen) atoms. The van der Waals surface area contributed by atoms with Crippen molar-refractivity contribution >= 4 is 23.0 Å². The number of aliphatic carboxylic acids is 1. The highest BCUT2D eigenvalue weighted by Crippen LogP contribution is 2.32. The fourth-order valence-corrected chi connectivity index (χ4v) is 4.00. The first-order chi connectivity index (χ1) is 19.5. The first-order valence-electron chi connectivity index (χ1n) is 13.8. The van der Waals surface area contributed by atoms with Crippen LogP contribution in [0.25, 0.3) is 11.0 Å². The topological polar surface area (TPSA) is 115 Å². The smallest absolute Gasteiger partial charge is 0.416 e. The van der Waals surface area contributed by atoms with Crippen LogP contribution in [0.3, 0.4) is 0 Å². The van der Waals surface area contributed by atoms with E-state index in [0.717, 1.165) is 47.3 Å². The van der Waals surface area contributed by atoms with Crippen molar-refractivity contribution in [1.82, 2.24) is 15.0 Å². The van der Waals surface area contributed by atoms with E-state index < -0.39 is 29.9 Å². The maximum absolute atomic E-state index is 12.9. The average molecular weight is 592 g/mol. The van der Waals surface area contributed by atoms with Gasteiger partial charge >= 0.3 is 18.1 Å². The summed E-state index contributed by atoms with van der Waals surface area (Å²) in [5, 5.41) is 28.6. The van der Waals surface area contributed by atoms with Crippen molar-refractivity contribution < 1.29 is 37.7 Å². The molecule has 0 aliphatic carbocycles. The number of fused-ring (bicyclic) bond motifs is 1. The lowest BCUT2D eigenvalue weighted by Crippen LogP contribution is -2.40. The molecule has 11 heteroatoms. The zero-order valence-corrected chi connectivity index (χ0v) is 24.7. The Morgan fingerprint density at radius 2 is 1.62 bits per heavy atom. The molecule has 1 atom stereocenters. The first kappa shape index (κ1) is 34.5. The number of nitrogens with zero attached hydrogens (tertiary/aromatic N) is 3. The lowest BCUT2D eigenvalue weighted by molar-refractivity contribution is -0.162. The predicted molar refractivity (Wildman–Crippen MR) is 154 cm³/mol. The molecule has 0 spiro atoms.